The van der Waals surface area contributed by atoms with Gasteiger partial charge in [-0.3, -0.25) is 14.3 Å². The maximum Gasteiger partial charge on any atom is 0.337 e. The van der Waals surface area contributed by atoms with E-state index in [1.165, 1.54) is 6.20 Å². The molecule has 7 nitrogen and oxygen atoms in total. The number of aliphatic carboxylic acids is 1. The van der Waals surface area contributed by atoms with Gasteiger partial charge in [-0.2, -0.15) is 0 Å². The smallest absolute Gasteiger partial charge is 0.337 e. The van der Waals surface area contributed by atoms with Crippen LogP contribution in [0.2, 0.25) is 0 Å². The van der Waals surface area contributed by atoms with Crippen LogP contribution in [-0.2, 0) is 17.8 Å². The number of aromatic amines is 1. The van der Waals surface area contributed by atoms with E-state index in [0.29, 0.717) is 12.0 Å². The largest absolute Gasteiger partial charge is 0.479 e. The number of nitrogens with zero attached hydrogens (tertiary/aromatic N) is 1. The van der Waals surface area contributed by atoms with E-state index in [1.807, 2.05) is 0 Å². The van der Waals surface area contributed by atoms with Gasteiger partial charge in [-0.1, -0.05) is 6.92 Å². The molecule has 0 aliphatic heterocycles. The van der Waals surface area contributed by atoms with E-state index < -0.39 is 29.4 Å². The van der Waals surface area contributed by atoms with Gasteiger partial charge in [0.2, 0.25) is 0 Å². The zero-order valence-corrected chi connectivity index (χ0v) is 9.56. The Kier molecular flexibility index (Phi) is 3.52. The summed E-state index contributed by atoms with van der Waals surface area (Å²) in [5, 5.41) is 18.3. The maximum absolute atomic E-state index is 11.4. The Labute approximate surface area is 96.3 Å². The van der Waals surface area contributed by atoms with Crippen LogP contribution in [0, 0.1) is 0 Å². The summed E-state index contributed by atoms with van der Waals surface area (Å²) in [7, 11) is 0. The third-order valence-electron chi connectivity index (χ3n) is 2.40. The van der Waals surface area contributed by atoms with Crippen LogP contribution in [0.3, 0.4) is 0 Å². The number of nitrogens with one attached hydrogen (secondary N) is 1. The van der Waals surface area contributed by atoms with Crippen molar-refractivity contribution in [3.8, 4) is 0 Å². The Bertz CT molecular complexity index is 540. The first-order valence-corrected chi connectivity index (χ1v) is 5.06. The average Bonchev–Trinajstić information content (AvgIpc) is 2.21. The Morgan fingerprint density at radius 2 is 2.12 bits per heavy atom. The quantitative estimate of drug-likeness (QED) is 0.622. The summed E-state index contributed by atoms with van der Waals surface area (Å²) in [6.45, 7) is 2.39. The molecule has 0 spiro atoms. The minimum atomic E-state index is -2.06. The number of carboxylic acid groups (broad SMARTS) is 1. The van der Waals surface area contributed by atoms with Crippen LogP contribution in [0.4, 0.5) is 0 Å². The fourth-order valence-electron chi connectivity index (χ4n) is 1.32. The molecule has 0 radical (unpaired) electrons. The van der Waals surface area contributed by atoms with E-state index in [4.69, 9.17) is 5.11 Å². The molecule has 1 unspecified atom stereocenters. The number of carboxylic acids is 1. The number of aliphatic hydroxyl groups is 1. The zero-order chi connectivity index (χ0) is 13.2. The molecule has 17 heavy (non-hydrogen) atoms. The topological polar surface area (TPSA) is 112 Å². The van der Waals surface area contributed by atoms with Crippen LogP contribution in [0.25, 0.3) is 0 Å². The molecule has 1 rings (SSSR count). The second kappa shape index (κ2) is 4.54. The maximum atomic E-state index is 11.4. The highest BCUT2D eigenvalue weighted by Gasteiger charge is 2.30. The molecule has 0 saturated carbocycles. The summed E-state index contributed by atoms with van der Waals surface area (Å²) in [6.07, 6.45) is 1.67. The normalized spacial score (nSPS) is 14.3. The van der Waals surface area contributed by atoms with Crippen molar-refractivity contribution < 1.29 is 15.0 Å². The van der Waals surface area contributed by atoms with Crippen molar-refractivity contribution in [2.45, 2.75) is 32.4 Å². The molecule has 3 N–H and O–H groups in total. The summed E-state index contributed by atoms with van der Waals surface area (Å²) in [5.74, 6) is -1.44. The van der Waals surface area contributed by atoms with E-state index in [9.17, 15) is 19.5 Å². The van der Waals surface area contributed by atoms with Crippen LogP contribution in [0.5, 0.6) is 0 Å². The molecule has 0 amide bonds. The Balaban J connectivity index is 3.20. The molecule has 94 valence electrons. The number of rotatable bonds is 4. The van der Waals surface area contributed by atoms with E-state index in [1.54, 1.807) is 6.92 Å². The minimum Gasteiger partial charge on any atom is -0.479 e. The molecule has 0 aromatic carbocycles. The Morgan fingerprint density at radius 1 is 1.53 bits per heavy atom. The summed E-state index contributed by atoms with van der Waals surface area (Å²) in [5.41, 5.74) is -2.95. The Morgan fingerprint density at radius 3 is 2.59 bits per heavy atom. The first-order chi connectivity index (χ1) is 7.77. The lowest BCUT2D eigenvalue weighted by molar-refractivity contribution is -0.158. The third kappa shape index (κ3) is 2.82. The number of aromatic nitrogens is 2. The van der Waals surface area contributed by atoms with Gasteiger partial charge in [-0.05, 0) is 13.3 Å². The zero-order valence-electron chi connectivity index (χ0n) is 9.56. The third-order valence-corrected chi connectivity index (χ3v) is 2.40. The van der Waals surface area contributed by atoms with Gasteiger partial charge in [0, 0.05) is 11.8 Å². The van der Waals surface area contributed by atoms with Gasteiger partial charge in [0.1, 0.15) is 0 Å². The van der Waals surface area contributed by atoms with Gasteiger partial charge in [0.25, 0.3) is 5.56 Å². The number of aryl methyl sites for hydroxylation is 1. The fourth-order valence-corrected chi connectivity index (χ4v) is 1.32. The van der Waals surface area contributed by atoms with Crippen molar-refractivity contribution >= 4 is 5.97 Å². The van der Waals surface area contributed by atoms with Crippen LogP contribution in [0.1, 0.15) is 19.4 Å². The number of hydrogen-bond acceptors (Lipinski definition) is 4. The van der Waals surface area contributed by atoms with Gasteiger partial charge in [0.05, 0.1) is 6.54 Å². The molecule has 1 atom stereocenters. The second-order valence-electron chi connectivity index (χ2n) is 3.97. The van der Waals surface area contributed by atoms with Crippen LogP contribution in [0.15, 0.2) is 15.8 Å². The van der Waals surface area contributed by atoms with Crippen molar-refractivity contribution in [3.63, 3.8) is 0 Å². The van der Waals surface area contributed by atoms with E-state index in [2.05, 4.69) is 4.98 Å². The first kappa shape index (κ1) is 13.2. The van der Waals surface area contributed by atoms with Crippen molar-refractivity contribution in [1.29, 1.82) is 0 Å². The number of hydrogen-bond donors (Lipinski definition) is 3. The minimum absolute atomic E-state index is 0.353. The molecule has 0 saturated heterocycles. The highest BCUT2D eigenvalue weighted by molar-refractivity contribution is 5.76. The summed E-state index contributed by atoms with van der Waals surface area (Å²) in [6, 6.07) is 0. The molecular weight excluding hydrogens is 228 g/mol. The molecule has 0 aliphatic carbocycles. The summed E-state index contributed by atoms with van der Waals surface area (Å²) >= 11 is 0. The van der Waals surface area contributed by atoms with Gasteiger partial charge in [0.15, 0.2) is 5.60 Å². The van der Waals surface area contributed by atoms with Crippen molar-refractivity contribution in [3.05, 3.63) is 32.6 Å². The van der Waals surface area contributed by atoms with Gasteiger partial charge in [-0.25, -0.2) is 9.59 Å². The fraction of sp³-hybridized carbons (Fsp3) is 0.500. The molecule has 1 heterocycles. The van der Waals surface area contributed by atoms with Gasteiger partial charge in [-0.15, -0.1) is 0 Å². The summed E-state index contributed by atoms with van der Waals surface area (Å²) in [4.78, 5) is 35.5. The molecule has 1 aromatic rings. The predicted molar refractivity (Wildman–Crippen MR) is 59.0 cm³/mol. The lowest BCUT2D eigenvalue weighted by Crippen LogP contribution is -2.44. The molecule has 1 aromatic heterocycles. The highest BCUT2D eigenvalue weighted by atomic mass is 16.4. The number of H-pyrrole nitrogens is 1. The molecule has 0 aliphatic rings. The Hall–Kier alpha value is -1.89. The van der Waals surface area contributed by atoms with Crippen molar-refractivity contribution in [2.24, 2.45) is 0 Å². The summed E-state index contributed by atoms with van der Waals surface area (Å²) < 4.78 is 0.981. The van der Waals surface area contributed by atoms with E-state index >= 15 is 0 Å². The second-order valence-corrected chi connectivity index (χ2v) is 3.97. The van der Waals surface area contributed by atoms with Gasteiger partial charge < -0.3 is 10.2 Å². The van der Waals surface area contributed by atoms with Crippen molar-refractivity contribution in [2.75, 3.05) is 0 Å². The van der Waals surface area contributed by atoms with Gasteiger partial charge >= 0.3 is 11.7 Å². The van der Waals surface area contributed by atoms with Crippen LogP contribution >= 0.6 is 0 Å². The van der Waals surface area contributed by atoms with Crippen LogP contribution in [-0.4, -0.2) is 31.3 Å². The molecular formula is C10H14N2O5. The standard InChI is InChI=1S/C10H14N2O5/c1-3-6-4-12(9(16)11-7(6)13)5-10(2,17)8(14)15/h4,17H,3,5H2,1-2H3,(H,14,15)(H,11,13,16). The number of carbonyl (C=O) groups is 1. The SMILES string of the molecule is CCc1cn(CC(C)(O)C(=O)O)c(=O)[nH]c1=O. The molecule has 0 bridgehead atoms. The predicted octanol–water partition coefficient (Wildman–Crippen LogP) is -1.07. The van der Waals surface area contributed by atoms with Crippen molar-refractivity contribution in [1.82, 2.24) is 9.55 Å². The lowest BCUT2D eigenvalue weighted by atomic mass is 10.1. The van der Waals surface area contributed by atoms with Crippen LogP contribution < -0.4 is 11.2 Å². The van der Waals surface area contributed by atoms with E-state index in [0.717, 1.165) is 11.5 Å². The first-order valence-electron chi connectivity index (χ1n) is 5.06. The lowest BCUT2D eigenvalue weighted by Gasteiger charge is -2.19. The van der Waals surface area contributed by atoms with E-state index in [-0.39, 0.29) is 0 Å². The molecule has 0 fully saturated rings. The highest BCUT2D eigenvalue weighted by Crippen LogP contribution is 2.06. The monoisotopic (exact) mass is 242 g/mol. The molecule has 7 heteroatoms. The average molecular weight is 242 g/mol.